The van der Waals surface area contributed by atoms with E-state index in [0.717, 1.165) is 43.4 Å². The summed E-state index contributed by atoms with van der Waals surface area (Å²) in [6, 6.07) is 11.0. The minimum atomic E-state index is -4.44. The molecule has 2 aromatic rings. The third-order valence-corrected chi connectivity index (χ3v) is 6.57. The van der Waals surface area contributed by atoms with Crippen molar-refractivity contribution >= 4 is 17.7 Å². The predicted octanol–water partition coefficient (Wildman–Crippen LogP) is 6.23. The zero-order valence-electron chi connectivity index (χ0n) is 21.5. The molecule has 3 rings (SSSR count). The van der Waals surface area contributed by atoms with Crippen LogP contribution in [0.15, 0.2) is 48.5 Å². The molecule has 2 N–H and O–H groups in total. The number of nitrogens with zero attached hydrogens (tertiary/aromatic N) is 1. The number of halogens is 3. The number of carbonyl (C=O) groups excluding carboxylic acids is 1. The molecule has 2 amide bonds. The van der Waals surface area contributed by atoms with E-state index < -0.39 is 23.8 Å². The minimum Gasteiger partial charge on any atom is -0.492 e. The van der Waals surface area contributed by atoms with Crippen molar-refractivity contribution in [3.63, 3.8) is 0 Å². The lowest BCUT2D eigenvalue weighted by Crippen LogP contribution is -2.41. The van der Waals surface area contributed by atoms with Gasteiger partial charge in [0.1, 0.15) is 12.4 Å². The first kappa shape index (κ1) is 29.3. The average Bonchev–Trinajstić information content (AvgIpc) is 2.89. The second kappa shape index (κ2) is 14.0. The maximum Gasteiger partial charge on any atom is 0.416 e. The van der Waals surface area contributed by atoms with Gasteiger partial charge in [-0.3, -0.25) is 0 Å². The summed E-state index contributed by atoms with van der Waals surface area (Å²) in [5, 5.41) is 12.0. The molecule has 2 aromatic carbocycles. The lowest BCUT2D eigenvalue weighted by atomic mass is 9.89. The zero-order chi connectivity index (χ0) is 27.5. The van der Waals surface area contributed by atoms with E-state index in [-0.39, 0.29) is 19.1 Å². The maximum atomic E-state index is 13.0. The molecule has 0 aromatic heterocycles. The molecule has 0 radical (unpaired) electrons. The van der Waals surface area contributed by atoms with Gasteiger partial charge in [-0.15, -0.1) is 0 Å². The Kier molecular flexibility index (Phi) is 10.8. The van der Waals surface area contributed by atoms with Gasteiger partial charge in [0.05, 0.1) is 12.1 Å². The summed E-state index contributed by atoms with van der Waals surface area (Å²) in [4.78, 5) is 26.0. The number of carboxylic acid groups (broad SMARTS) is 1. The molecule has 0 saturated heterocycles. The van der Waals surface area contributed by atoms with Crippen molar-refractivity contribution in [3.05, 3.63) is 59.7 Å². The Bertz CT molecular complexity index is 1020. The number of aliphatic carboxylic acids is 1. The highest BCUT2D eigenvalue weighted by Crippen LogP contribution is 2.30. The fraction of sp³-hybridized carbons (Fsp3) is 0.500. The Hall–Kier alpha value is -3.27. The van der Waals surface area contributed by atoms with E-state index in [1.807, 2.05) is 0 Å². The molecule has 1 aliphatic carbocycles. The maximum absolute atomic E-state index is 13.0. The zero-order valence-corrected chi connectivity index (χ0v) is 21.5. The molecule has 10 heteroatoms. The first-order chi connectivity index (χ1) is 18.2. The van der Waals surface area contributed by atoms with Gasteiger partial charge in [-0.2, -0.15) is 13.2 Å². The van der Waals surface area contributed by atoms with Crippen molar-refractivity contribution in [3.8, 4) is 5.75 Å². The number of urea groups is 1. The van der Waals surface area contributed by atoms with Crippen LogP contribution < -0.4 is 10.1 Å². The van der Waals surface area contributed by atoms with Crippen LogP contribution in [0, 0.1) is 5.92 Å². The fourth-order valence-corrected chi connectivity index (χ4v) is 4.53. The van der Waals surface area contributed by atoms with Crippen LogP contribution in [-0.4, -0.2) is 54.4 Å². The quantitative estimate of drug-likeness (QED) is 0.336. The summed E-state index contributed by atoms with van der Waals surface area (Å²) in [5.41, 5.74) is 0.318. The van der Waals surface area contributed by atoms with Crippen molar-refractivity contribution in [2.75, 3.05) is 31.6 Å². The third kappa shape index (κ3) is 9.24. The summed E-state index contributed by atoms with van der Waals surface area (Å²) in [7, 11) is 0. The largest absolute Gasteiger partial charge is 0.492 e. The van der Waals surface area contributed by atoms with Gasteiger partial charge < -0.3 is 24.8 Å². The number of hydrogen-bond donors (Lipinski definition) is 2. The van der Waals surface area contributed by atoms with Crippen molar-refractivity contribution in [2.24, 2.45) is 5.92 Å². The van der Waals surface area contributed by atoms with Gasteiger partial charge in [0.2, 0.25) is 0 Å². The number of benzene rings is 2. The van der Waals surface area contributed by atoms with Gasteiger partial charge >= 0.3 is 18.2 Å². The van der Waals surface area contributed by atoms with Crippen LogP contribution in [0.2, 0.25) is 0 Å². The Balaban J connectivity index is 1.58. The smallest absolute Gasteiger partial charge is 0.416 e. The number of carbonyl (C=O) groups is 2. The summed E-state index contributed by atoms with van der Waals surface area (Å²) in [5.74, 6) is -0.0634. The van der Waals surface area contributed by atoms with Crippen LogP contribution in [0.5, 0.6) is 5.75 Å². The molecule has 7 nitrogen and oxygen atoms in total. The molecule has 208 valence electrons. The molecular formula is C28H35F3N2O5. The Labute approximate surface area is 220 Å². The molecular weight excluding hydrogens is 501 g/mol. The highest BCUT2D eigenvalue weighted by Gasteiger charge is 2.30. The van der Waals surface area contributed by atoms with Crippen LogP contribution in [0.3, 0.4) is 0 Å². The van der Waals surface area contributed by atoms with Crippen LogP contribution >= 0.6 is 0 Å². The molecule has 38 heavy (non-hydrogen) atoms. The molecule has 0 heterocycles. The number of nitrogens with one attached hydrogen (secondary N) is 1. The first-order valence-electron chi connectivity index (χ1n) is 12.9. The molecule has 0 spiro atoms. The SMILES string of the molecule is CCOC(Cc1ccc(OCCN(CC2CCCCC2)C(=O)Nc2ccc(C(F)(F)F)cc2)cc1)C(=O)O. The van der Waals surface area contributed by atoms with Crippen LogP contribution in [0.1, 0.15) is 50.2 Å². The van der Waals surface area contributed by atoms with Gasteiger partial charge in [-0.25, -0.2) is 9.59 Å². The first-order valence-corrected chi connectivity index (χ1v) is 12.9. The highest BCUT2D eigenvalue weighted by molar-refractivity contribution is 5.89. The molecule has 1 unspecified atom stereocenters. The van der Waals surface area contributed by atoms with E-state index >= 15 is 0 Å². The molecule has 1 atom stereocenters. The average molecular weight is 537 g/mol. The minimum absolute atomic E-state index is 0.225. The standard InChI is InChI=1S/C28H35F3N2O5/c1-2-37-25(26(34)35)18-20-8-14-24(15-9-20)38-17-16-33(19-21-6-4-3-5-7-21)27(36)32-23-12-10-22(11-13-23)28(29,30)31/h8-15,21,25H,2-7,16-19H2,1H3,(H,32,36)(H,34,35). The van der Waals surface area contributed by atoms with Crippen LogP contribution in [0.25, 0.3) is 0 Å². The van der Waals surface area contributed by atoms with Gasteiger partial charge in [-0.05, 0) is 67.6 Å². The molecule has 1 saturated carbocycles. The fourth-order valence-electron chi connectivity index (χ4n) is 4.53. The van der Waals surface area contributed by atoms with Gasteiger partial charge in [0, 0.05) is 25.3 Å². The summed E-state index contributed by atoms with van der Waals surface area (Å²) >= 11 is 0. The number of hydrogen-bond acceptors (Lipinski definition) is 4. The van der Waals surface area contributed by atoms with Crippen LogP contribution in [-0.2, 0) is 22.1 Å². The molecule has 1 aliphatic rings. The summed E-state index contributed by atoms with van der Waals surface area (Å²) in [6.45, 7) is 3.12. The normalized spacial score (nSPS) is 15.1. The van der Waals surface area contributed by atoms with E-state index in [1.165, 1.54) is 18.6 Å². The lowest BCUT2D eigenvalue weighted by Gasteiger charge is -2.30. The number of ether oxygens (including phenoxy) is 2. The predicted molar refractivity (Wildman–Crippen MR) is 137 cm³/mol. The number of carboxylic acids is 1. The molecule has 1 fully saturated rings. The topological polar surface area (TPSA) is 88.1 Å². The number of rotatable bonds is 12. The lowest BCUT2D eigenvalue weighted by molar-refractivity contribution is -0.150. The van der Waals surface area contributed by atoms with Gasteiger partial charge in [0.25, 0.3) is 0 Å². The van der Waals surface area contributed by atoms with Crippen molar-refractivity contribution in [2.45, 2.75) is 57.7 Å². The van der Waals surface area contributed by atoms with E-state index in [0.29, 0.717) is 37.1 Å². The van der Waals surface area contributed by atoms with E-state index in [9.17, 15) is 27.9 Å². The second-order valence-electron chi connectivity index (χ2n) is 9.43. The Morgan fingerprint density at radius 3 is 2.29 bits per heavy atom. The second-order valence-corrected chi connectivity index (χ2v) is 9.43. The van der Waals surface area contributed by atoms with E-state index in [4.69, 9.17) is 9.47 Å². The molecule has 0 bridgehead atoms. The Morgan fingerprint density at radius 2 is 1.71 bits per heavy atom. The van der Waals surface area contributed by atoms with Gasteiger partial charge in [0.15, 0.2) is 6.10 Å². The Morgan fingerprint density at radius 1 is 1.05 bits per heavy atom. The van der Waals surface area contributed by atoms with Gasteiger partial charge in [-0.1, -0.05) is 31.4 Å². The van der Waals surface area contributed by atoms with Crippen molar-refractivity contribution in [1.29, 1.82) is 0 Å². The number of alkyl halides is 3. The van der Waals surface area contributed by atoms with Crippen molar-refractivity contribution < 1.29 is 37.3 Å². The number of anilines is 1. The monoisotopic (exact) mass is 536 g/mol. The third-order valence-electron chi connectivity index (χ3n) is 6.57. The summed E-state index contributed by atoms with van der Waals surface area (Å²) < 4.78 is 49.6. The summed E-state index contributed by atoms with van der Waals surface area (Å²) in [6.07, 6.45) is 0.377. The van der Waals surface area contributed by atoms with E-state index in [1.54, 1.807) is 36.1 Å². The highest BCUT2D eigenvalue weighted by atomic mass is 19.4. The number of amides is 2. The van der Waals surface area contributed by atoms with Crippen molar-refractivity contribution in [1.82, 2.24) is 4.90 Å². The van der Waals surface area contributed by atoms with E-state index in [2.05, 4.69) is 5.32 Å². The van der Waals surface area contributed by atoms with Crippen LogP contribution in [0.4, 0.5) is 23.7 Å². The molecule has 0 aliphatic heterocycles.